The number of nitrogens with zero attached hydrogens (tertiary/aromatic N) is 2. The van der Waals surface area contributed by atoms with Gasteiger partial charge in [0.1, 0.15) is 5.01 Å². The molecule has 1 fully saturated rings. The van der Waals surface area contributed by atoms with Gasteiger partial charge in [-0.15, -0.1) is 11.3 Å². The lowest BCUT2D eigenvalue weighted by Crippen LogP contribution is -2.41. The molecular weight excluding hydrogens is 358 g/mol. The van der Waals surface area contributed by atoms with Crippen LogP contribution in [0.2, 0.25) is 0 Å². The number of aromatic nitrogens is 1. The van der Waals surface area contributed by atoms with Gasteiger partial charge in [-0.05, 0) is 24.7 Å². The van der Waals surface area contributed by atoms with Crippen LogP contribution in [-0.2, 0) is 16.6 Å². The summed E-state index contributed by atoms with van der Waals surface area (Å²) >= 11 is 1.61. The molecule has 0 aliphatic heterocycles. The van der Waals surface area contributed by atoms with Gasteiger partial charge in [0.2, 0.25) is 10.0 Å². The summed E-state index contributed by atoms with van der Waals surface area (Å²) in [7, 11) is -1.57. The molecule has 1 heterocycles. The predicted molar refractivity (Wildman–Crippen MR) is 104 cm³/mol. The third-order valence-corrected chi connectivity index (χ3v) is 6.49. The maximum atomic E-state index is 12.0. The second kappa shape index (κ2) is 9.49. The van der Waals surface area contributed by atoms with Crippen LogP contribution in [0, 0.1) is 5.92 Å². The van der Waals surface area contributed by atoms with Crippen molar-refractivity contribution in [3.05, 3.63) is 16.1 Å². The van der Waals surface area contributed by atoms with Crippen LogP contribution in [-0.4, -0.2) is 45.3 Å². The molecule has 0 aromatic carbocycles. The van der Waals surface area contributed by atoms with Gasteiger partial charge in [-0.1, -0.05) is 20.3 Å². The van der Waals surface area contributed by atoms with Crippen LogP contribution < -0.4 is 15.4 Å². The lowest BCUT2D eigenvalue weighted by molar-refractivity contribution is 0.316. The van der Waals surface area contributed by atoms with Crippen molar-refractivity contribution in [1.82, 2.24) is 20.3 Å². The smallest absolute Gasteiger partial charge is 0.213 e. The summed E-state index contributed by atoms with van der Waals surface area (Å²) in [5.41, 5.74) is 1.09. The molecule has 142 valence electrons. The molecule has 0 unspecified atom stereocenters. The number of hydrogen-bond donors (Lipinski definition) is 3. The SMILES string of the molecule is CN=C(NCCS(=O)(=O)NCC1CCC1)NCc1nc(C(C)C)cs1. The van der Waals surface area contributed by atoms with E-state index in [0.717, 1.165) is 23.5 Å². The van der Waals surface area contributed by atoms with E-state index in [1.54, 1.807) is 18.4 Å². The summed E-state index contributed by atoms with van der Waals surface area (Å²) in [6, 6.07) is 0. The van der Waals surface area contributed by atoms with E-state index in [1.165, 1.54) is 6.42 Å². The number of aliphatic imine (C=N–C) groups is 1. The molecule has 7 nitrogen and oxygen atoms in total. The van der Waals surface area contributed by atoms with E-state index < -0.39 is 10.0 Å². The first-order chi connectivity index (χ1) is 11.9. The zero-order valence-electron chi connectivity index (χ0n) is 15.2. The Balaban J connectivity index is 1.68. The van der Waals surface area contributed by atoms with Crippen LogP contribution in [0.15, 0.2) is 10.4 Å². The summed E-state index contributed by atoms with van der Waals surface area (Å²) in [4.78, 5) is 8.67. The molecule has 1 aliphatic carbocycles. The molecule has 0 radical (unpaired) electrons. The van der Waals surface area contributed by atoms with Crippen LogP contribution in [0.4, 0.5) is 0 Å². The van der Waals surface area contributed by atoms with E-state index in [-0.39, 0.29) is 5.75 Å². The van der Waals surface area contributed by atoms with Gasteiger partial charge < -0.3 is 10.6 Å². The highest BCUT2D eigenvalue weighted by Crippen LogP contribution is 2.25. The van der Waals surface area contributed by atoms with Crippen molar-refractivity contribution in [3.63, 3.8) is 0 Å². The van der Waals surface area contributed by atoms with Crippen molar-refractivity contribution in [1.29, 1.82) is 0 Å². The molecule has 1 aromatic rings. The molecule has 2 rings (SSSR count). The van der Waals surface area contributed by atoms with E-state index in [9.17, 15) is 8.42 Å². The van der Waals surface area contributed by atoms with E-state index in [0.29, 0.717) is 37.4 Å². The minimum Gasteiger partial charge on any atom is -0.355 e. The monoisotopic (exact) mass is 387 g/mol. The second-order valence-corrected chi connectivity index (χ2v) is 9.51. The first-order valence-corrected chi connectivity index (χ1v) is 11.3. The number of sulfonamides is 1. The number of hydrogen-bond acceptors (Lipinski definition) is 5. The largest absolute Gasteiger partial charge is 0.355 e. The van der Waals surface area contributed by atoms with Gasteiger partial charge in [-0.2, -0.15) is 0 Å². The van der Waals surface area contributed by atoms with Crippen molar-refractivity contribution in [3.8, 4) is 0 Å². The third-order valence-electron chi connectivity index (χ3n) is 4.27. The van der Waals surface area contributed by atoms with Gasteiger partial charge in [0.15, 0.2) is 5.96 Å². The van der Waals surface area contributed by atoms with Gasteiger partial charge in [0, 0.05) is 25.5 Å². The average molecular weight is 388 g/mol. The first-order valence-electron chi connectivity index (χ1n) is 8.76. The Labute approximate surface area is 154 Å². The fourth-order valence-electron chi connectivity index (χ4n) is 2.37. The highest BCUT2D eigenvalue weighted by atomic mass is 32.2. The molecule has 3 N–H and O–H groups in total. The van der Waals surface area contributed by atoms with E-state index in [2.05, 4.69) is 44.6 Å². The van der Waals surface area contributed by atoms with E-state index in [1.807, 2.05) is 0 Å². The minimum atomic E-state index is -3.24. The summed E-state index contributed by atoms with van der Waals surface area (Å²) < 4.78 is 26.6. The van der Waals surface area contributed by atoms with Crippen molar-refractivity contribution < 1.29 is 8.42 Å². The highest BCUT2D eigenvalue weighted by Gasteiger charge is 2.20. The third kappa shape index (κ3) is 6.91. The molecule has 1 aliphatic rings. The lowest BCUT2D eigenvalue weighted by atomic mass is 9.86. The van der Waals surface area contributed by atoms with Gasteiger partial charge in [0.25, 0.3) is 0 Å². The predicted octanol–water partition coefficient (Wildman–Crippen LogP) is 1.65. The van der Waals surface area contributed by atoms with Crippen molar-refractivity contribution in [2.75, 3.05) is 25.9 Å². The van der Waals surface area contributed by atoms with E-state index >= 15 is 0 Å². The topological polar surface area (TPSA) is 95.5 Å². The summed E-state index contributed by atoms with van der Waals surface area (Å²) in [6.45, 7) is 5.69. The Hall–Kier alpha value is -1.19. The lowest BCUT2D eigenvalue weighted by Gasteiger charge is -2.25. The second-order valence-electron chi connectivity index (χ2n) is 6.64. The fraction of sp³-hybridized carbons (Fsp3) is 0.750. The van der Waals surface area contributed by atoms with Gasteiger partial charge in [-0.25, -0.2) is 18.1 Å². The molecular formula is C16H29N5O2S2. The Bertz CT molecular complexity index is 666. The molecule has 0 spiro atoms. The molecule has 25 heavy (non-hydrogen) atoms. The van der Waals surface area contributed by atoms with Crippen molar-refractivity contribution in [2.24, 2.45) is 10.9 Å². The number of rotatable bonds is 9. The molecule has 0 saturated heterocycles. The van der Waals surface area contributed by atoms with Crippen LogP contribution in [0.1, 0.15) is 49.7 Å². The maximum Gasteiger partial charge on any atom is 0.213 e. The van der Waals surface area contributed by atoms with Crippen LogP contribution in [0.3, 0.4) is 0 Å². The van der Waals surface area contributed by atoms with Crippen LogP contribution >= 0.6 is 11.3 Å². The Morgan fingerprint density at radius 2 is 2.16 bits per heavy atom. The maximum absolute atomic E-state index is 12.0. The van der Waals surface area contributed by atoms with Crippen molar-refractivity contribution in [2.45, 2.75) is 45.6 Å². The van der Waals surface area contributed by atoms with Gasteiger partial charge in [-0.3, -0.25) is 4.99 Å². The van der Waals surface area contributed by atoms with Gasteiger partial charge >= 0.3 is 0 Å². The first kappa shape index (κ1) is 20.1. The Kier molecular flexibility index (Phi) is 7.64. The van der Waals surface area contributed by atoms with Crippen molar-refractivity contribution >= 4 is 27.3 Å². The minimum absolute atomic E-state index is 0.0369. The number of nitrogens with one attached hydrogen (secondary N) is 3. The molecule has 0 amide bonds. The summed E-state index contributed by atoms with van der Waals surface area (Å²) in [5, 5.41) is 9.26. The Morgan fingerprint density at radius 1 is 1.40 bits per heavy atom. The van der Waals surface area contributed by atoms with E-state index in [4.69, 9.17) is 0 Å². The molecule has 0 atom stereocenters. The normalized spacial score (nSPS) is 16.1. The average Bonchev–Trinajstić information content (AvgIpc) is 2.98. The highest BCUT2D eigenvalue weighted by molar-refractivity contribution is 7.89. The van der Waals surface area contributed by atoms with Crippen LogP contribution in [0.5, 0.6) is 0 Å². The zero-order valence-corrected chi connectivity index (χ0v) is 16.8. The molecule has 1 saturated carbocycles. The fourth-order valence-corrected chi connectivity index (χ4v) is 4.27. The summed E-state index contributed by atoms with van der Waals surface area (Å²) in [5.74, 6) is 1.55. The standard InChI is InChI=1S/C16H29N5O2S2/c1-12(2)14-11-24-15(21-14)10-19-16(17-3)18-7-8-25(22,23)20-9-13-5-4-6-13/h11-13,20H,4-10H2,1-3H3,(H2,17,18,19). The van der Waals surface area contributed by atoms with Gasteiger partial charge in [0.05, 0.1) is 18.0 Å². The molecule has 9 heteroatoms. The zero-order chi connectivity index (χ0) is 18.3. The number of thiazole rings is 1. The summed E-state index contributed by atoms with van der Waals surface area (Å²) in [6.07, 6.45) is 3.48. The quantitative estimate of drug-likeness (QED) is 0.442. The van der Waals surface area contributed by atoms with Crippen LogP contribution in [0.25, 0.3) is 0 Å². The number of guanidine groups is 1. The molecule has 0 bridgehead atoms. The Morgan fingerprint density at radius 3 is 2.72 bits per heavy atom. The molecule has 1 aromatic heterocycles.